The van der Waals surface area contributed by atoms with E-state index in [1.165, 1.54) is 11.1 Å². The van der Waals surface area contributed by atoms with Crippen molar-refractivity contribution in [2.24, 2.45) is 5.84 Å². The lowest BCUT2D eigenvalue weighted by Crippen LogP contribution is -2.27. The van der Waals surface area contributed by atoms with Gasteiger partial charge in [-0.3, -0.25) is 5.01 Å². The van der Waals surface area contributed by atoms with Gasteiger partial charge >= 0.3 is 0 Å². The standard InChI is InChI=1S/C22H28N2/c1-6-9-14-20(7-2)15-11-13-19(5)24(23)22(8-3)21-16-10-12-18(4)17-21/h6-14,16-17H,1,5,15,23H2,2-4H3/b13-11-,14-9-,20-7+,22-8-. The molecule has 24 heavy (non-hydrogen) atoms. The molecule has 0 saturated heterocycles. The van der Waals surface area contributed by atoms with Gasteiger partial charge in [0, 0.05) is 0 Å². The van der Waals surface area contributed by atoms with Gasteiger partial charge in [-0.1, -0.05) is 73.4 Å². The average Bonchev–Trinajstić information content (AvgIpc) is 2.58. The molecule has 0 bridgehead atoms. The van der Waals surface area contributed by atoms with E-state index in [2.05, 4.69) is 50.4 Å². The van der Waals surface area contributed by atoms with E-state index < -0.39 is 0 Å². The highest BCUT2D eigenvalue weighted by Crippen LogP contribution is 2.21. The van der Waals surface area contributed by atoms with Gasteiger partial charge in [0.1, 0.15) is 0 Å². The van der Waals surface area contributed by atoms with E-state index in [9.17, 15) is 0 Å². The van der Waals surface area contributed by atoms with E-state index >= 15 is 0 Å². The summed E-state index contributed by atoms with van der Waals surface area (Å²) in [6.45, 7) is 13.8. The Morgan fingerprint density at radius 1 is 1.21 bits per heavy atom. The lowest BCUT2D eigenvalue weighted by molar-refractivity contribution is 0.536. The van der Waals surface area contributed by atoms with Gasteiger partial charge in [-0.15, -0.1) is 0 Å². The predicted octanol–water partition coefficient (Wildman–Crippen LogP) is 5.68. The van der Waals surface area contributed by atoms with Gasteiger partial charge < -0.3 is 0 Å². The molecule has 0 aromatic heterocycles. The smallest absolute Gasteiger partial charge is 0.0604 e. The van der Waals surface area contributed by atoms with Crippen molar-refractivity contribution >= 4 is 5.70 Å². The predicted molar refractivity (Wildman–Crippen MR) is 107 cm³/mol. The zero-order valence-corrected chi connectivity index (χ0v) is 15.0. The molecule has 2 nitrogen and oxygen atoms in total. The van der Waals surface area contributed by atoms with Crippen molar-refractivity contribution in [2.75, 3.05) is 0 Å². The number of nitrogens with zero attached hydrogens (tertiary/aromatic N) is 1. The summed E-state index contributed by atoms with van der Waals surface area (Å²) >= 11 is 0. The van der Waals surface area contributed by atoms with Crippen LogP contribution < -0.4 is 5.84 Å². The Morgan fingerprint density at radius 3 is 2.54 bits per heavy atom. The molecule has 0 aliphatic rings. The maximum absolute atomic E-state index is 6.26. The minimum atomic E-state index is 0.743. The second-order valence-electron chi connectivity index (χ2n) is 5.47. The molecule has 0 aliphatic carbocycles. The number of aryl methyl sites for hydroxylation is 1. The molecule has 1 rings (SSSR count). The summed E-state index contributed by atoms with van der Waals surface area (Å²) in [4.78, 5) is 0. The fourth-order valence-corrected chi connectivity index (χ4v) is 2.29. The van der Waals surface area contributed by atoms with Crippen molar-refractivity contribution in [2.45, 2.75) is 27.2 Å². The zero-order valence-electron chi connectivity index (χ0n) is 15.0. The zero-order chi connectivity index (χ0) is 17.9. The van der Waals surface area contributed by atoms with Crippen molar-refractivity contribution in [3.8, 4) is 0 Å². The van der Waals surface area contributed by atoms with Crippen LogP contribution in [-0.2, 0) is 0 Å². The summed E-state index contributed by atoms with van der Waals surface area (Å²) in [6.07, 6.45) is 14.7. The molecule has 0 spiro atoms. The number of hydrazine groups is 1. The molecule has 2 heteroatoms. The Hall–Kier alpha value is -2.58. The van der Waals surface area contributed by atoms with Crippen LogP contribution in [-0.4, -0.2) is 5.01 Å². The third-order valence-electron chi connectivity index (χ3n) is 3.64. The van der Waals surface area contributed by atoms with Crippen molar-refractivity contribution in [1.29, 1.82) is 0 Å². The lowest BCUT2D eigenvalue weighted by Gasteiger charge is -2.22. The largest absolute Gasteiger partial charge is 0.280 e. The SMILES string of the molecule is C=C/C=C\C(=C/C)C/C=C\C(=C)N(N)/C(=C\C)c1cccc(C)c1. The first kappa shape index (κ1) is 19.5. The number of hydrogen-bond acceptors (Lipinski definition) is 2. The van der Waals surface area contributed by atoms with Crippen LogP contribution in [0.2, 0.25) is 0 Å². The molecule has 0 aliphatic heterocycles. The molecular formula is C22H28N2. The van der Waals surface area contributed by atoms with Gasteiger partial charge in [0.25, 0.3) is 0 Å². The van der Waals surface area contributed by atoms with Crippen molar-refractivity contribution in [3.63, 3.8) is 0 Å². The minimum absolute atomic E-state index is 0.743. The fraction of sp³-hybridized carbons (Fsp3) is 0.182. The van der Waals surface area contributed by atoms with Crippen LogP contribution in [0.4, 0.5) is 0 Å². The lowest BCUT2D eigenvalue weighted by atomic mass is 10.1. The summed E-state index contributed by atoms with van der Waals surface area (Å²) in [5.74, 6) is 6.26. The highest BCUT2D eigenvalue weighted by molar-refractivity contribution is 5.65. The first-order valence-corrected chi connectivity index (χ1v) is 8.11. The normalized spacial score (nSPS) is 12.8. The molecular weight excluding hydrogens is 292 g/mol. The molecule has 0 fully saturated rings. The van der Waals surface area contributed by atoms with E-state index in [4.69, 9.17) is 5.84 Å². The molecule has 0 unspecified atom stereocenters. The first-order chi connectivity index (χ1) is 11.5. The van der Waals surface area contributed by atoms with Crippen molar-refractivity contribution < 1.29 is 0 Å². The molecule has 2 N–H and O–H groups in total. The highest BCUT2D eigenvalue weighted by atomic mass is 15.4. The van der Waals surface area contributed by atoms with E-state index in [1.54, 1.807) is 11.1 Å². The summed E-state index contributed by atoms with van der Waals surface area (Å²) in [5.41, 5.74) is 5.18. The van der Waals surface area contributed by atoms with Crippen LogP contribution in [0, 0.1) is 6.92 Å². The topological polar surface area (TPSA) is 29.3 Å². The summed E-state index contributed by atoms with van der Waals surface area (Å²) in [5, 5.41) is 1.63. The van der Waals surface area contributed by atoms with E-state index in [0.717, 1.165) is 23.4 Å². The number of allylic oxidation sites excluding steroid dienone is 8. The molecule has 1 aromatic rings. The quantitative estimate of drug-likeness (QED) is 0.379. The Bertz CT molecular complexity index is 688. The van der Waals surface area contributed by atoms with Crippen LogP contribution in [0.1, 0.15) is 31.4 Å². The summed E-state index contributed by atoms with van der Waals surface area (Å²) < 4.78 is 0. The first-order valence-electron chi connectivity index (χ1n) is 8.11. The summed E-state index contributed by atoms with van der Waals surface area (Å²) in [7, 11) is 0. The third-order valence-corrected chi connectivity index (χ3v) is 3.64. The molecule has 0 radical (unpaired) electrons. The second-order valence-corrected chi connectivity index (χ2v) is 5.47. The van der Waals surface area contributed by atoms with Crippen molar-refractivity contribution in [3.05, 3.63) is 102 Å². The monoisotopic (exact) mass is 320 g/mol. The highest BCUT2D eigenvalue weighted by Gasteiger charge is 2.09. The fourth-order valence-electron chi connectivity index (χ4n) is 2.29. The van der Waals surface area contributed by atoms with Crippen LogP contribution in [0.15, 0.2) is 91.2 Å². The third kappa shape index (κ3) is 5.90. The van der Waals surface area contributed by atoms with E-state index in [0.29, 0.717) is 0 Å². The van der Waals surface area contributed by atoms with Crippen LogP contribution >= 0.6 is 0 Å². The Morgan fingerprint density at radius 2 is 1.96 bits per heavy atom. The Kier molecular flexibility index (Phi) is 8.31. The van der Waals surface area contributed by atoms with E-state index in [1.807, 2.05) is 44.2 Å². The summed E-state index contributed by atoms with van der Waals surface area (Å²) in [6, 6.07) is 8.27. The number of hydrogen-bond donors (Lipinski definition) is 1. The number of nitrogens with two attached hydrogens (primary N) is 1. The van der Waals surface area contributed by atoms with Gasteiger partial charge in [0.2, 0.25) is 0 Å². The average molecular weight is 320 g/mol. The van der Waals surface area contributed by atoms with Gasteiger partial charge in [-0.25, -0.2) is 5.84 Å². The van der Waals surface area contributed by atoms with Gasteiger partial charge in [-0.2, -0.15) is 0 Å². The molecule has 126 valence electrons. The van der Waals surface area contributed by atoms with Crippen LogP contribution in [0.5, 0.6) is 0 Å². The molecule has 0 atom stereocenters. The van der Waals surface area contributed by atoms with Gasteiger partial charge in [0.15, 0.2) is 0 Å². The number of benzene rings is 1. The second kappa shape index (κ2) is 10.2. The molecule has 0 saturated carbocycles. The van der Waals surface area contributed by atoms with Crippen LogP contribution in [0.3, 0.4) is 0 Å². The molecule has 1 aromatic carbocycles. The van der Waals surface area contributed by atoms with Gasteiger partial charge in [0.05, 0.1) is 11.4 Å². The Labute approximate surface area is 146 Å². The van der Waals surface area contributed by atoms with Crippen molar-refractivity contribution in [1.82, 2.24) is 5.01 Å². The maximum Gasteiger partial charge on any atom is 0.0604 e. The van der Waals surface area contributed by atoms with Crippen LogP contribution in [0.25, 0.3) is 5.70 Å². The van der Waals surface area contributed by atoms with Gasteiger partial charge in [-0.05, 0) is 50.5 Å². The molecule has 0 heterocycles. The van der Waals surface area contributed by atoms with E-state index in [-0.39, 0.29) is 0 Å². The minimum Gasteiger partial charge on any atom is -0.280 e. The number of rotatable bonds is 8. The maximum atomic E-state index is 6.26. The Balaban J connectivity index is 2.81. The molecule has 0 amide bonds.